The molecule has 0 unspecified atom stereocenters. The molecule has 61 heavy (non-hydrogen) atoms. The Kier molecular flexibility index (Phi) is 12.4. The van der Waals surface area contributed by atoms with Gasteiger partial charge >= 0.3 is 0 Å². The molecule has 303 valence electrons. The van der Waals surface area contributed by atoms with E-state index in [-0.39, 0.29) is 20.1 Å². The molecule has 0 aliphatic carbocycles. The summed E-state index contributed by atoms with van der Waals surface area (Å²) in [6.45, 7) is 11.7. The molecule has 0 aliphatic heterocycles. The van der Waals surface area contributed by atoms with Crippen molar-refractivity contribution in [3.8, 4) is 50.6 Å². The van der Waals surface area contributed by atoms with Crippen LogP contribution in [0, 0.1) is 18.1 Å². The third-order valence-corrected chi connectivity index (χ3v) is 14.2. The van der Waals surface area contributed by atoms with Gasteiger partial charge in [0.2, 0.25) is 0 Å². The van der Waals surface area contributed by atoms with E-state index in [2.05, 4.69) is 207 Å². The van der Waals surface area contributed by atoms with Crippen LogP contribution >= 0.6 is 11.3 Å². The summed E-state index contributed by atoms with van der Waals surface area (Å²) in [5.41, 5.74) is 12.6. The summed E-state index contributed by atoms with van der Waals surface area (Å²) >= 11 is 1.82. The minimum absolute atomic E-state index is 0. The molecule has 3 aromatic heterocycles. The molecular weight excluding hydrogens is 955 g/mol. The van der Waals surface area contributed by atoms with Crippen LogP contribution in [0.5, 0.6) is 0 Å². The van der Waals surface area contributed by atoms with E-state index in [0.717, 1.165) is 45.8 Å². The quantitative estimate of drug-likeness (QED) is 0.112. The summed E-state index contributed by atoms with van der Waals surface area (Å²) in [6.07, 6.45) is 3.24. The summed E-state index contributed by atoms with van der Waals surface area (Å²) < 4.78 is 4.78. The van der Waals surface area contributed by atoms with Crippen LogP contribution in [0.2, 0.25) is 19.6 Å². The molecule has 0 saturated heterocycles. The third kappa shape index (κ3) is 8.73. The fourth-order valence-corrected chi connectivity index (χ4v) is 11.0. The number of rotatable bonds is 8. The van der Waals surface area contributed by atoms with Gasteiger partial charge in [-0.3, -0.25) is 4.98 Å². The van der Waals surface area contributed by atoms with Crippen LogP contribution in [0.3, 0.4) is 0 Å². The van der Waals surface area contributed by atoms with Crippen molar-refractivity contribution in [1.29, 1.82) is 0 Å². The first-order chi connectivity index (χ1) is 29.2. The monoisotopic (exact) mass is 1000 g/mol. The number of pyridine rings is 1. The molecule has 6 heteroatoms. The minimum Gasteiger partial charge on any atom is -0.333 e. The normalized spacial score (nSPS) is 11.4. The van der Waals surface area contributed by atoms with Crippen LogP contribution in [-0.4, -0.2) is 22.6 Å². The molecule has 0 atom stereocenters. The molecule has 10 aromatic rings. The smallest absolute Gasteiger partial charge is 0.0798 e. The van der Waals surface area contributed by atoms with E-state index in [4.69, 9.17) is 4.98 Å². The van der Waals surface area contributed by atoms with Crippen LogP contribution in [0.1, 0.15) is 19.4 Å². The van der Waals surface area contributed by atoms with Crippen molar-refractivity contribution in [1.82, 2.24) is 14.5 Å². The molecule has 0 spiro atoms. The molecule has 3 nitrogen and oxygen atoms in total. The van der Waals surface area contributed by atoms with Gasteiger partial charge in [0.1, 0.15) is 0 Å². The van der Waals surface area contributed by atoms with Crippen molar-refractivity contribution in [2.45, 2.75) is 39.9 Å². The Morgan fingerprint density at radius 1 is 0.656 bits per heavy atom. The molecule has 0 saturated carbocycles. The molecule has 0 amide bonds. The van der Waals surface area contributed by atoms with Gasteiger partial charge in [-0.05, 0) is 74.3 Å². The van der Waals surface area contributed by atoms with Gasteiger partial charge in [-0.25, -0.2) is 0 Å². The molecule has 0 bridgehead atoms. The number of imidazole rings is 1. The maximum Gasteiger partial charge on any atom is 0.0798 e. The van der Waals surface area contributed by atoms with Gasteiger partial charge in [0.25, 0.3) is 0 Å². The van der Waals surface area contributed by atoms with Crippen LogP contribution in [0.4, 0.5) is 0 Å². The Bertz CT molecular complexity index is 3080. The summed E-state index contributed by atoms with van der Waals surface area (Å²) in [5.74, 6) is 1.57. The van der Waals surface area contributed by atoms with E-state index < -0.39 is 8.07 Å². The van der Waals surface area contributed by atoms with Gasteiger partial charge in [-0.2, -0.15) is 11.3 Å². The Labute approximate surface area is 378 Å². The maximum atomic E-state index is 5.22. The van der Waals surface area contributed by atoms with E-state index in [1.165, 1.54) is 53.2 Å². The van der Waals surface area contributed by atoms with E-state index in [9.17, 15) is 0 Å². The fraction of sp³-hybridized carbons (Fsp3) is 0.127. The van der Waals surface area contributed by atoms with Crippen LogP contribution in [-0.2, 0) is 26.5 Å². The predicted molar refractivity (Wildman–Crippen MR) is 259 cm³/mol. The van der Waals surface area contributed by atoms with Gasteiger partial charge in [0.15, 0.2) is 0 Å². The summed E-state index contributed by atoms with van der Waals surface area (Å²) in [7, 11) is -1.34. The Balaban J connectivity index is 0.000000208. The molecule has 1 radical (unpaired) electrons. The number of para-hydroxylation sites is 3. The first kappa shape index (κ1) is 42.0. The zero-order chi connectivity index (χ0) is 41.2. The summed E-state index contributed by atoms with van der Waals surface area (Å²) in [6, 6.07) is 66.4. The SMILES string of the molecule is CC(C)Cc1cc(-c2[c-]cccc2)ncc1[Si](C)(C)C.[Ir].[c-]1ccc2c(sc3cc(-c4ccccc4)ccc32)c1-c1nc2ccccc2n1-c1ccccc1-c1ccccc1. The van der Waals surface area contributed by atoms with Crippen molar-refractivity contribution < 1.29 is 20.1 Å². The van der Waals surface area contributed by atoms with Crippen molar-refractivity contribution in [2.24, 2.45) is 5.92 Å². The van der Waals surface area contributed by atoms with Crippen LogP contribution in [0.15, 0.2) is 176 Å². The van der Waals surface area contributed by atoms with Crippen LogP contribution < -0.4 is 5.19 Å². The van der Waals surface area contributed by atoms with Gasteiger partial charge in [-0.1, -0.05) is 159 Å². The second-order valence-corrected chi connectivity index (χ2v) is 22.9. The molecular formula is C55H47IrN3SSi-2. The first-order valence-corrected chi connectivity index (χ1v) is 25.1. The minimum atomic E-state index is -1.34. The Morgan fingerprint density at radius 2 is 1.36 bits per heavy atom. The van der Waals surface area contributed by atoms with E-state index in [1.807, 2.05) is 35.6 Å². The fourth-order valence-electron chi connectivity index (χ4n) is 8.17. The number of thiophene rings is 1. The largest absolute Gasteiger partial charge is 0.333 e. The predicted octanol–water partition coefficient (Wildman–Crippen LogP) is 14.5. The summed E-state index contributed by atoms with van der Waals surface area (Å²) in [4.78, 5) is 9.90. The molecule has 0 aliphatic rings. The van der Waals surface area contributed by atoms with Crippen molar-refractivity contribution in [3.05, 3.63) is 194 Å². The van der Waals surface area contributed by atoms with Crippen molar-refractivity contribution >= 4 is 55.8 Å². The number of nitrogens with zero attached hydrogens (tertiary/aromatic N) is 3. The molecule has 0 fully saturated rings. The molecule has 0 N–H and O–H groups in total. The van der Waals surface area contributed by atoms with E-state index in [0.29, 0.717) is 5.92 Å². The maximum absolute atomic E-state index is 5.22. The average molecular weight is 1000 g/mol. The zero-order valence-corrected chi connectivity index (χ0v) is 39.3. The van der Waals surface area contributed by atoms with Crippen molar-refractivity contribution in [2.75, 3.05) is 0 Å². The van der Waals surface area contributed by atoms with E-state index in [1.54, 1.807) is 0 Å². The number of fused-ring (bicyclic) bond motifs is 4. The van der Waals surface area contributed by atoms with Gasteiger partial charge < -0.3 is 9.55 Å². The van der Waals surface area contributed by atoms with Crippen molar-refractivity contribution in [3.63, 3.8) is 0 Å². The summed E-state index contributed by atoms with van der Waals surface area (Å²) in [5, 5.41) is 4.00. The topological polar surface area (TPSA) is 30.7 Å². The molecule has 3 heterocycles. The van der Waals surface area contributed by atoms with E-state index >= 15 is 0 Å². The van der Waals surface area contributed by atoms with Gasteiger partial charge in [0, 0.05) is 42.3 Å². The zero-order valence-electron chi connectivity index (χ0n) is 35.1. The number of hydrogen-bond acceptors (Lipinski definition) is 3. The molecule has 10 rings (SSSR count). The average Bonchev–Trinajstić information content (AvgIpc) is 3.85. The second-order valence-electron chi connectivity index (χ2n) is 16.8. The number of hydrogen-bond donors (Lipinski definition) is 0. The standard InChI is InChI=1S/C37H23N2S.C18H24NSi.Ir/c1-3-12-25(13-4-1)27-22-23-29-30-17-11-18-31(36(30)40-35(29)24-27)37-38-32-19-8-10-21-34(32)39(37)33-20-9-7-16-28(33)26-14-5-2-6-15-26;1-14(2)11-16-12-17(15-9-7-6-8-10-15)19-13-18(16)20(3,4)5;/h1-17,19-24H;6-9,12-14H,11H2,1-5H3;/q2*-1;. The number of benzene rings is 7. The van der Waals surface area contributed by atoms with Gasteiger partial charge in [0.05, 0.1) is 24.9 Å². The molecule has 7 aromatic carbocycles. The van der Waals surface area contributed by atoms with Gasteiger partial charge in [-0.15, -0.1) is 54.1 Å². The first-order valence-electron chi connectivity index (χ1n) is 20.7. The Morgan fingerprint density at radius 3 is 2.10 bits per heavy atom. The third-order valence-electron chi connectivity index (χ3n) is 11.0. The van der Waals surface area contributed by atoms with Crippen LogP contribution in [0.25, 0.3) is 81.8 Å². The number of aromatic nitrogens is 3. The Hall–Kier alpha value is -5.75. The second kappa shape index (κ2) is 18.1.